The third-order valence-electron chi connectivity index (χ3n) is 14.0. The van der Waals surface area contributed by atoms with Gasteiger partial charge in [0.15, 0.2) is 0 Å². The quantitative estimate of drug-likeness (QED) is 0.0450. The van der Waals surface area contributed by atoms with Gasteiger partial charge in [-0.25, -0.2) is 4.39 Å². The van der Waals surface area contributed by atoms with Gasteiger partial charge < -0.3 is 0 Å². The molecule has 0 saturated carbocycles. The summed E-state index contributed by atoms with van der Waals surface area (Å²) in [6, 6.07) is 14.8. The van der Waals surface area contributed by atoms with Crippen LogP contribution >= 0.6 is 0 Å². The van der Waals surface area contributed by atoms with Crippen LogP contribution in [0.25, 0.3) is 43.1 Å². The molecule has 0 spiro atoms. The highest BCUT2D eigenvalue weighted by molar-refractivity contribution is 6.90. The molecular formula is C50H47F19Si2. The molecule has 0 fully saturated rings. The Morgan fingerprint density at radius 1 is 0.394 bits per heavy atom. The fraction of sp³-hybridized carbons (Fsp3) is 0.480. The zero-order chi connectivity index (χ0) is 54.1. The van der Waals surface area contributed by atoms with Crippen molar-refractivity contribution in [3.8, 4) is 22.9 Å². The zero-order valence-electron chi connectivity index (χ0n) is 39.2. The predicted molar refractivity (Wildman–Crippen MR) is 243 cm³/mol. The topological polar surface area (TPSA) is 0 Å². The summed E-state index contributed by atoms with van der Waals surface area (Å²) in [6.45, 7) is 12.1. The molecule has 0 bridgehead atoms. The van der Waals surface area contributed by atoms with Crippen molar-refractivity contribution in [2.75, 3.05) is 0 Å². The molecule has 0 radical (unpaired) electrons. The van der Waals surface area contributed by atoms with Crippen LogP contribution in [-0.4, -0.2) is 64.0 Å². The molecule has 0 aliphatic carbocycles. The van der Waals surface area contributed by atoms with E-state index in [4.69, 9.17) is 0 Å². The van der Waals surface area contributed by atoms with E-state index < -0.39 is 117 Å². The van der Waals surface area contributed by atoms with Gasteiger partial charge in [-0.05, 0) is 102 Å². The first-order valence-electron chi connectivity index (χ1n) is 22.2. The van der Waals surface area contributed by atoms with Crippen molar-refractivity contribution in [2.24, 2.45) is 0 Å². The van der Waals surface area contributed by atoms with E-state index in [9.17, 15) is 61.5 Å². The van der Waals surface area contributed by atoms with Crippen LogP contribution in [-0.2, 0) is 0 Å². The second kappa shape index (κ2) is 19.0. The van der Waals surface area contributed by atoms with Crippen molar-refractivity contribution >= 4 is 59.2 Å². The number of hydrogen-bond acceptors (Lipinski definition) is 0. The average molecular weight is 1070 g/mol. The van der Waals surface area contributed by atoms with Crippen LogP contribution in [0.5, 0.6) is 0 Å². The number of benzene rings is 5. The molecule has 21 heteroatoms. The molecular weight excluding hydrogens is 1020 g/mol. The van der Waals surface area contributed by atoms with E-state index in [2.05, 4.69) is 22.9 Å². The number of hydrogen-bond donors (Lipinski definition) is 0. The largest absolute Gasteiger partial charge is 0.460 e. The van der Waals surface area contributed by atoms with Gasteiger partial charge in [-0.15, -0.1) is 11.1 Å². The van der Waals surface area contributed by atoms with E-state index >= 15 is 22.0 Å². The first kappa shape index (κ1) is 57.3. The van der Waals surface area contributed by atoms with E-state index in [1.807, 2.05) is 0 Å². The standard InChI is InChI=1S/C50H47F19Si2/c1-28(2)70(29(3)4,22-18-43(52,53)45(56,57)47(60,61)49(64,65)66)20-16-35-38-24-32-12-9-10-13-33(32)25-39(38)36(41-27-37-34(26-40(35)41)14-11-15-42(37)51)17-21-71(30(5)6,31(7)8)23-19-44(54,55)46(58,59)48(62,63)50(67,68)69/h9-15,24-31H,18-19,22-23H2,1-8H3. The summed E-state index contributed by atoms with van der Waals surface area (Å²) in [5.74, 6) is -34.4. The lowest BCUT2D eigenvalue weighted by Crippen LogP contribution is -2.61. The van der Waals surface area contributed by atoms with Gasteiger partial charge in [-0.2, -0.15) is 79.0 Å². The minimum absolute atomic E-state index is 0.00214. The Bertz CT molecular complexity index is 2910. The SMILES string of the molecule is CC(C)[Si](C#Cc1c2cc3ccccc3cc2c(C#C[Si](CCC(F)(F)C(F)(F)C(F)(F)C(F)(F)F)(C(C)C)C(C)C)c2cc3c(F)cccc3cc12)(CCC(F)(F)C(F)(F)C(F)(F)C(F)(F)F)C(C)C. The molecule has 5 aromatic rings. The van der Waals surface area contributed by atoms with Crippen LogP contribution in [0.2, 0.25) is 34.3 Å². The number of fused-ring (bicyclic) bond motifs is 4. The van der Waals surface area contributed by atoms with Crippen LogP contribution in [0.15, 0.2) is 66.7 Å². The van der Waals surface area contributed by atoms with Crippen molar-refractivity contribution < 1.29 is 83.4 Å². The summed E-state index contributed by atoms with van der Waals surface area (Å²) in [5, 5.41) is 2.13. The van der Waals surface area contributed by atoms with Crippen LogP contribution in [0.4, 0.5) is 83.4 Å². The highest BCUT2D eigenvalue weighted by atomic mass is 28.3. The third-order valence-corrected chi connectivity index (χ3v) is 25.6. The number of halogens is 19. The highest BCUT2D eigenvalue weighted by Gasteiger charge is 2.82. The van der Waals surface area contributed by atoms with Crippen LogP contribution in [0.1, 0.15) is 79.4 Å². The zero-order valence-corrected chi connectivity index (χ0v) is 41.2. The predicted octanol–water partition coefficient (Wildman–Crippen LogP) is 18.5. The van der Waals surface area contributed by atoms with Gasteiger partial charge in [-0.3, -0.25) is 0 Å². The normalized spacial score (nSPS) is 14.4. The fourth-order valence-corrected chi connectivity index (χ4v) is 17.9. The molecule has 0 aliphatic rings. The van der Waals surface area contributed by atoms with Gasteiger partial charge in [0, 0.05) is 29.4 Å². The van der Waals surface area contributed by atoms with Crippen LogP contribution in [0, 0.1) is 28.7 Å². The van der Waals surface area contributed by atoms with Crippen molar-refractivity contribution in [1.82, 2.24) is 0 Å². The van der Waals surface area contributed by atoms with Crippen LogP contribution in [0.3, 0.4) is 0 Å². The molecule has 0 heterocycles. The Labute approximate surface area is 398 Å². The summed E-state index contributed by atoms with van der Waals surface area (Å²) in [7, 11) is -7.74. The van der Waals surface area contributed by atoms with Gasteiger partial charge in [0.2, 0.25) is 0 Å². The van der Waals surface area contributed by atoms with E-state index in [-0.39, 0.29) is 43.4 Å². The van der Waals surface area contributed by atoms with Gasteiger partial charge in [0.05, 0.1) is 0 Å². The molecule has 0 nitrogen and oxygen atoms in total. The van der Waals surface area contributed by atoms with Crippen molar-refractivity contribution in [3.05, 3.63) is 83.7 Å². The molecule has 0 aromatic heterocycles. The lowest BCUT2D eigenvalue weighted by atomic mass is 9.89. The molecule has 5 aromatic carbocycles. The second-order valence-corrected chi connectivity index (χ2v) is 29.5. The van der Waals surface area contributed by atoms with Crippen molar-refractivity contribution in [1.29, 1.82) is 0 Å². The van der Waals surface area contributed by atoms with Gasteiger partial charge in [0.25, 0.3) is 0 Å². The Balaban J connectivity index is 1.87. The maximum Gasteiger partial charge on any atom is 0.460 e. The average Bonchev–Trinajstić information content (AvgIpc) is 3.24. The van der Waals surface area contributed by atoms with Crippen molar-refractivity contribution in [3.63, 3.8) is 0 Å². The van der Waals surface area contributed by atoms with Gasteiger partial charge in [-0.1, -0.05) is 104 Å². The fourth-order valence-electron chi connectivity index (χ4n) is 9.32. The molecule has 0 amide bonds. The monoisotopic (exact) mass is 1060 g/mol. The number of alkyl halides is 18. The second-order valence-electron chi connectivity index (χ2n) is 19.3. The molecule has 0 unspecified atom stereocenters. The van der Waals surface area contributed by atoms with Crippen molar-refractivity contribution in [2.45, 2.75) is 150 Å². The maximum atomic E-state index is 15.7. The van der Waals surface area contributed by atoms with Gasteiger partial charge >= 0.3 is 47.9 Å². The summed E-state index contributed by atoms with van der Waals surface area (Å²) < 4.78 is 269. The molecule has 0 aliphatic heterocycles. The first-order chi connectivity index (χ1) is 32.2. The molecule has 388 valence electrons. The number of rotatable bonds is 14. The summed E-state index contributed by atoms with van der Waals surface area (Å²) >= 11 is 0. The Morgan fingerprint density at radius 2 is 0.704 bits per heavy atom. The van der Waals surface area contributed by atoms with E-state index in [0.717, 1.165) is 6.07 Å². The lowest BCUT2D eigenvalue weighted by molar-refractivity contribution is -0.396. The van der Waals surface area contributed by atoms with E-state index in [1.54, 1.807) is 36.4 Å². The first-order valence-corrected chi connectivity index (χ1v) is 26.9. The molecule has 5 rings (SSSR count). The minimum atomic E-state index is -7.11. The minimum Gasteiger partial charge on any atom is -0.206 e. The van der Waals surface area contributed by atoms with Crippen LogP contribution < -0.4 is 0 Å². The molecule has 0 atom stereocenters. The molecule has 0 N–H and O–H groups in total. The third kappa shape index (κ3) is 9.71. The maximum absolute atomic E-state index is 15.7. The van der Waals surface area contributed by atoms with E-state index in [1.165, 1.54) is 79.7 Å². The Morgan fingerprint density at radius 3 is 1.03 bits per heavy atom. The summed E-state index contributed by atoms with van der Waals surface area (Å²) in [4.78, 5) is 0. The van der Waals surface area contributed by atoms with E-state index in [0.29, 0.717) is 10.8 Å². The Kier molecular flexibility index (Phi) is 15.3. The lowest BCUT2D eigenvalue weighted by Gasteiger charge is -2.38. The van der Waals surface area contributed by atoms with Gasteiger partial charge in [0.1, 0.15) is 22.0 Å². The molecule has 71 heavy (non-hydrogen) atoms. The summed E-state index contributed by atoms with van der Waals surface area (Å²) in [5.41, 5.74) is 3.33. The summed E-state index contributed by atoms with van der Waals surface area (Å²) in [6.07, 6.45) is -18.3. The molecule has 0 saturated heterocycles. The Hall–Kier alpha value is -4.64. The highest BCUT2D eigenvalue weighted by Crippen LogP contribution is 2.57. The smallest absolute Gasteiger partial charge is 0.206 e.